The number of benzene rings is 1. The third kappa shape index (κ3) is 3.45. The summed E-state index contributed by atoms with van der Waals surface area (Å²) in [6.45, 7) is 5.54. The van der Waals surface area contributed by atoms with E-state index in [-0.39, 0.29) is 12.6 Å². The van der Waals surface area contributed by atoms with Crippen LogP contribution in [0.3, 0.4) is 0 Å². The van der Waals surface area contributed by atoms with Gasteiger partial charge in [0.25, 0.3) is 0 Å². The largest absolute Gasteiger partial charge is 0.395 e. The highest BCUT2D eigenvalue weighted by Gasteiger charge is 2.21. The summed E-state index contributed by atoms with van der Waals surface area (Å²) in [5, 5.41) is 13.4. The molecule has 0 unspecified atom stereocenters. The number of anilines is 1. The molecule has 1 aromatic carbocycles. The van der Waals surface area contributed by atoms with Gasteiger partial charge in [-0.1, -0.05) is 23.7 Å². The van der Waals surface area contributed by atoms with Gasteiger partial charge in [0.15, 0.2) is 0 Å². The van der Waals surface area contributed by atoms with Crippen LogP contribution in [0.15, 0.2) is 24.4 Å². The summed E-state index contributed by atoms with van der Waals surface area (Å²) in [5.41, 5.74) is 2.27. The van der Waals surface area contributed by atoms with Crippen LogP contribution in [0.5, 0.6) is 0 Å². The molecule has 128 valence electrons. The van der Waals surface area contributed by atoms with Crippen molar-refractivity contribution in [2.75, 3.05) is 44.6 Å². The molecule has 2 heterocycles. The number of nitrogens with one attached hydrogen (secondary N) is 1. The van der Waals surface area contributed by atoms with Crippen LogP contribution in [-0.4, -0.2) is 65.3 Å². The minimum Gasteiger partial charge on any atom is -0.395 e. The van der Waals surface area contributed by atoms with Gasteiger partial charge in [-0.05, 0) is 18.6 Å². The minimum atomic E-state index is -0.135. The van der Waals surface area contributed by atoms with Crippen LogP contribution in [0.2, 0.25) is 5.02 Å². The number of pyridine rings is 1. The normalized spacial score (nSPS) is 15.7. The first kappa shape index (κ1) is 17.0. The Kier molecular flexibility index (Phi) is 5.18. The van der Waals surface area contributed by atoms with E-state index in [1.165, 1.54) is 0 Å². The summed E-state index contributed by atoms with van der Waals surface area (Å²) in [4.78, 5) is 20.9. The quantitative estimate of drug-likeness (QED) is 0.893. The van der Waals surface area contributed by atoms with Crippen LogP contribution >= 0.6 is 11.6 Å². The Hall–Kier alpha value is -1.89. The van der Waals surface area contributed by atoms with E-state index in [0.29, 0.717) is 35.9 Å². The molecule has 6 nitrogen and oxygen atoms in total. The minimum absolute atomic E-state index is 0.135. The summed E-state index contributed by atoms with van der Waals surface area (Å²) in [6.07, 6.45) is 1.72. The number of amides is 2. The maximum atomic E-state index is 12.5. The van der Waals surface area contributed by atoms with Crippen molar-refractivity contribution in [1.82, 2.24) is 14.8 Å². The summed E-state index contributed by atoms with van der Waals surface area (Å²) in [7, 11) is 0. The molecule has 0 aliphatic carbocycles. The summed E-state index contributed by atoms with van der Waals surface area (Å²) in [6, 6.07) is 5.47. The van der Waals surface area contributed by atoms with Gasteiger partial charge in [0.1, 0.15) is 0 Å². The standard InChI is InChI=1S/C17H21ClN4O2/c1-12-11-19-16-13(15(12)18)3-2-4-14(16)20-17(24)22-7-5-21(6-8-22)9-10-23/h2-4,11,23H,5-10H2,1H3,(H,20,24). The van der Waals surface area contributed by atoms with Gasteiger partial charge in [-0.15, -0.1) is 0 Å². The van der Waals surface area contributed by atoms with Crippen molar-refractivity contribution in [3.8, 4) is 0 Å². The number of aliphatic hydroxyl groups excluding tert-OH is 1. The molecule has 24 heavy (non-hydrogen) atoms. The summed E-state index contributed by atoms with van der Waals surface area (Å²) in [5.74, 6) is 0. The monoisotopic (exact) mass is 348 g/mol. The third-order valence-corrected chi connectivity index (χ3v) is 4.83. The zero-order valence-electron chi connectivity index (χ0n) is 13.6. The van der Waals surface area contributed by atoms with Gasteiger partial charge in [0, 0.05) is 44.3 Å². The molecule has 1 saturated heterocycles. The number of urea groups is 1. The zero-order valence-corrected chi connectivity index (χ0v) is 14.4. The van der Waals surface area contributed by atoms with E-state index in [9.17, 15) is 4.79 Å². The average Bonchev–Trinajstić information content (AvgIpc) is 2.59. The number of rotatable bonds is 3. The van der Waals surface area contributed by atoms with E-state index in [1.54, 1.807) is 11.1 Å². The number of hydrogen-bond donors (Lipinski definition) is 2. The molecule has 2 N–H and O–H groups in total. The van der Waals surface area contributed by atoms with Crippen molar-refractivity contribution < 1.29 is 9.90 Å². The van der Waals surface area contributed by atoms with Crippen LogP contribution in [0, 0.1) is 6.92 Å². The van der Waals surface area contributed by atoms with E-state index in [0.717, 1.165) is 24.0 Å². The number of aryl methyl sites for hydroxylation is 1. The molecular weight excluding hydrogens is 328 g/mol. The predicted octanol–water partition coefficient (Wildman–Crippen LogP) is 2.34. The fraction of sp³-hybridized carbons (Fsp3) is 0.412. The lowest BCUT2D eigenvalue weighted by atomic mass is 10.1. The number of aromatic nitrogens is 1. The molecule has 0 bridgehead atoms. The molecule has 1 aliphatic rings. The van der Waals surface area contributed by atoms with Gasteiger partial charge in [-0.3, -0.25) is 9.88 Å². The van der Waals surface area contributed by atoms with Crippen molar-refractivity contribution in [3.05, 3.63) is 35.0 Å². The first-order valence-electron chi connectivity index (χ1n) is 8.03. The average molecular weight is 349 g/mol. The van der Waals surface area contributed by atoms with E-state index < -0.39 is 0 Å². The molecule has 1 aromatic heterocycles. The Labute approximate surface area is 146 Å². The second-order valence-corrected chi connectivity index (χ2v) is 6.32. The number of halogens is 1. The van der Waals surface area contributed by atoms with Gasteiger partial charge in [-0.25, -0.2) is 4.79 Å². The Balaban J connectivity index is 1.74. The molecule has 7 heteroatoms. The van der Waals surface area contributed by atoms with E-state index in [1.807, 2.05) is 25.1 Å². The molecule has 2 aromatic rings. The Morgan fingerprint density at radius 1 is 1.33 bits per heavy atom. The molecule has 0 saturated carbocycles. The van der Waals surface area contributed by atoms with E-state index in [2.05, 4.69) is 15.2 Å². The Bertz CT molecular complexity index is 745. The van der Waals surface area contributed by atoms with Crippen LogP contribution in [0.25, 0.3) is 10.9 Å². The van der Waals surface area contributed by atoms with Crippen LogP contribution in [-0.2, 0) is 0 Å². The number of hydrogen-bond acceptors (Lipinski definition) is 4. The highest BCUT2D eigenvalue weighted by Crippen LogP contribution is 2.29. The van der Waals surface area contributed by atoms with Gasteiger partial charge >= 0.3 is 6.03 Å². The maximum Gasteiger partial charge on any atom is 0.321 e. The lowest BCUT2D eigenvalue weighted by molar-refractivity contribution is 0.127. The molecule has 1 fully saturated rings. The zero-order chi connectivity index (χ0) is 17.1. The third-order valence-electron chi connectivity index (χ3n) is 4.32. The first-order valence-corrected chi connectivity index (χ1v) is 8.41. The highest BCUT2D eigenvalue weighted by molar-refractivity contribution is 6.36. The van der Waals surface area contributed by atoms with Gasteiger partial charge in [-0.2, -0.15) is 0 Å². The SMILES string of the molecule is Cc1cnc2c(NC(=O)N3CCN(CCO)CC3)cccc2c1Cl. The van der Waals surface area contributed by atoms with Crippen molar-refractivity contribution in [1.29, 1.82) is 0 Å². The number of piperazine rings is 1. The molecule has 1 aliphatic heterocycles. The Morgan fingerprint density at radius 2 is 2.08 bits per heavy atom. The molecule has 0 atom stereocenters. The molecular formula is C17H21ClN4O2. The van der Waals surface area contributed by atoms with Gasteiger partial charge < -0.3 is 15.3 Å². The smallest absolute Gasteiger partial charge is 0.321 e. The van der Waals surface area contributed by atoms with E-state index in [4.69, 9.17) is 16.7 Å². The van der Waals surface area contributed by atoms with Crippen LogP contribution in [0.1, 0.15) is 5.56 Å². The lowest BCUT2D eigenvalue weighted by Crippen LogP contribution is -2.50. The summed E-state index contributed by atoms with van der Waals surface area (Å²) >= 11 is 6.34. The Morgan fingerprint density at radius 3 is 2.79 bits per heavy atom. The molecule has 3 rings (SSSR count). The molecule has 0 spiro atoms. The number of nitrogens with zero attached hydrogens (tertiary/aromatic N) is 3. The predicted molar refractivity (Wildman–Crippen MR) is 95.6 cm³/mol. The second-order valence-electron chi connectivity index (χ2n) is 5.94. The van der Waals surface area contributed by atoms with Crippen molar-refractivity contribution in [2.24, 2.45) is 0 Å². The topological polar surface area (TPSA) is 68.7 Å². The number of carbonyl (C=O) groups is 1. The fourth-order valence-corrected chi connectivity index (χ4v) is 3.10. The maximum absolute atomic E-state index is 12.5. The van der Waals surface area contributed by atoms with Crippen molar-refractivity contribution in [2.45, 2.75) is 6.92 Å². The molecule has 2 amide bonds. The van der Waals surface area contributed by atoms with Gasteiger partial charge in [0.05, 0.1) is 22.8 Å². The van der Waals surface area contributed by atoms with Gasteiger partial charge in [0.2, 0.25) is 0 Å². The molecule has 0 radical (unpaired) electrons. The number of carbonyl (C=O) groups excluding carboxylic acids is 1. The lowest BCUT2D eigenvalue weighted by Gasteiger charge is -2.34. The van der Waals surface area contributed by atoms with E-state index >= 15 is 0 Å². The second kappa shape index (κ2) is 7.34. The number of β-amino-alcohol motifs (C(OH)–C–C–N with tert-alkyl or cyclic N) is 1. The first-order chi connectivity index (χ1) is 11.6. The number of aliphatic hydroxyl groups is 1. The summed E-state index contributed by atoms with van der Waals surface area (Å²) < 4.78 is 0. The number of para-hydroxylation sites is 1. The number of fused-ring (bicyclic) bond motifs is 1. The van der Waals surface area contributed by atoms with Crippen molar-refractivity contribution in [3.63, 3.8) is 0 Å². The fourth-order valence-electron chi connectivity index (χ4n) is 2.90. The van der Waals surface area contributed by atoms with Crippen molar-refractivity contribution >= 4 is 34.2 Å². The van der Waals surface area contributed by atoms with Crippen LogP contribution < -0.4 is 5.32 Å². The highest BCUT2D eigenvalue weighted by atomic mass is 35.5. The van der Waals surface area contributed by atoms with Crippen LogP contribution in [0.4, 0.5) is 10.5 Å².